The Labute approximate surface area is 140 Å². The number of rotatable bonds is 1. The molecule has 0 aromatic heterocycles. The number of fused-ring (bicyclic) bond motifs is 2. The number of carbonyl (C=O) groups excluding carboxylic acids is 3. The maximum atomic E-state index is 13.0. The number of carbonyl (C=O) groups is 3. The summed E-state index contributed by atoms with van der Waals surface area (Å²) in [5.74, 6) is -1.74. The minimum Gasteiger partial charge on any atom is -0.308 e. The van der Waals surface area contributed by atoms with Gasteiger partial charge in [0.15, 0.2) is 5.78 Å². The van der Waals surface area contributed by atoms with Gasteiger partial charge in [-0.1, -0.05) is 24.3 Å². The maximum Gasteiger partial charge on any atom is 0.262 e. The van der Waals surface area contributed by atoms with Crippen molar-refractivity contribution in [3.8, 4) is 0 Å². The molecule has 4 rings (SSSR count). The summed E-state index contributed by atoms with van der Waals surface area (Å²) in [4.78, 5) is 43.3. The van der Waals surface area contributed by atoms with E-state index in [1.807, 2.05) is 31.2 Å². The number of aliphatic imine (C=N–C) groups is 1. The second kappa shape index (κ2) is 5.51. The Bertz CT molecular complexity index is 822. The van der Waals surface area contributed by atoms with Crippen LogP contribution in [0.1, 0.15) is 31.7 Å². The lowest BCUT2D eigenvalue weighted by atomic mass is 9.86. The first-order chi connectivity index (χ1) is 11.6. The zero-order valence-corrected chi connectivity index (χ0v) is 13.5. The van der Waals surface area contributed by atoms with Crippen LogP contribution in [0.5, 0.6) is 0 Å². The SMILES string of the molecule is CC1Cc2ccccc2N1C(=O)C1C=C2C(=O)CCCC2=NC1=O. The summed E-state index contributed by atoms with van der Waals surface area (Å²) in [6.45, 7) is 1.97. The third-order valence-corrected chi connectivity index (χ3v) is 4.98. The first-order valence-electron chi connectivity index (χ1n) is 8.34. The van der Waals surface area contributed by atoms with Crippen molar-refractivity contribution in [3.05, 3.63) is 41.5 Å². The average molecular weight is 322 g/mol. The van der Waals surface area contributed by atoms with Gasteiger partial charge in [0.05, 0.1) is 5.71 Å². The van der Waals surface area contributed by atoms with Gasteiger partial charge in [0.25, 0.3) is 5.91 Å². The number of anilines is 1. The molecule has 1 aromatic rings. The second-order valence-electron chi connectivity index (χ2n) is 6.62. The molecule has 2 aliphatic heterocycles. The van der Waals surface area contributed by atoms with E-state index >= 15 is 0 Å². The molecule has 1 fully saturated rings. The first-order valence-corrected chi connectivity index (χ1v) is 8.34. The minimum atomic E-state index is -0.987. The summed E-state index contributed by atoms with van der Waals surface area (Å²) in [6, 6.07) is 7.73. The monoisotopic (exact) mass is 322 g/mol. The molecular formula is C19H18N2O3. The molecule has 0 saturated heterocycles. The van der Waals surface area contributed by atoms with E-state index in [1.165, 1.54) is 0 Å². The van der Waals surface area contributed by atoms with Crippen LogP contribution in [-0.4, -0.2) is 29.4 Å². The van der Waals surface area contributed by atoms with E-state index in [2.05, 4.69) is 4.99 Å². The molecule has 2 atom stereocenters. The number of para-hydroxylation sites is 1. The Morgan fingerprint density at radius 1 is 1.21 bits per heavy atom. The number of hydrogen-bond donors (Lipinski definition) is 0. The summed E-state index contributed by atoms with van der Waals surface area (Å²) in [7, 11) is 0. The fraction of sp³-hybridized carbons (Fsp3) is 0.368. The molecule has 1 aromatic carbocycles. The van der Waals surface area contributed by atoms with E-state index in [9.17, 15) is 14.4 Å². The lowest BCUT2D eigenvalue weighted by molar-refractivity contribution is -0.130. The van der Waals surface area contributed by atoms with Crippen molar-refractivity contribution in [3.63, 3.8) is 0 Å². The van der Waals surface area contributed by atoms with E-state index in [4.69, 9.17) is 0 Å². The predicted molar refractivity (Wildman–Crippen MR) is 90.0 cm³/mol. The fourth-order valence-electron chi connectivity index (χ4n) is 3.82. The van der Waals surface area contributed by atoms with Gasteiger partial charge in [0.1, 0.15) is 5.92 Å². The summed E-state index contributed by atoms with van der Waals surface area (Å²) in [5.41, 5.74) is 2.98. The molecule has 2 heterocycles. The first kappa shape index (κ1) is 15.0. The number of ketones is 1. The summed E-state index contributed by atoms with van der Waals surface area (Å²) >= 11 is 0. The van der Waals surface area contributed by atoms with E-state index in [0.29, 0.717) is 24.1 Å². The van der Waals surface area contributed by atoms with Crippen LogP contribution >= 0.6 is 0 Å². The van der Waals surface area contributed by atoms with Crippen molar-refractivity contribution in [1.29, 1.82) is 0 Å². The number of hydrogen-bond acceptors (Lipinski definition) is 3. The average Bonchev–Trinajstić information content (AvgIpc) is 2.89. The topological polar surface area (TPSA) is 66.8 Å². The number of amides is 2. The highest BCUT2D eigenvalue weighted by Crippen LogP contribution is 2.34. The lowest BCUT2D eigenvalue weighted by Crippen LogP contribution is -2.43. The lowest BCUT2D eigenvalue weighted by Gasteiger charge is -2.28. The van der Waals surface area contributed by atoms with Gasteiger partial charge < -0.3 is 4.90 Å². The Balaban J connectivity index is 1.69. The summed E-state index contributed by atoms with van der Waals surface area (Å²) in [6.07, 6.45) is 4.13. The standard InChI is InChI=1S/C19H18N2O3/c1-11-9-12-5-2-3-7-16(12)21(11)19(24)14-10-13-15(20-18(14)23)6-4-8-17(13)22/h2-3,5,7,10-11,14H,4,6,8-9H2,1H3. The molecule has 1 saturated carbocycles. The van der Waals surface area contributed by atoms with Crippen LogP contribution in [0.3, 0.4) is 0 Å². The fourth-order valence-corrected chi connectivity index (χ4v) is 3.82. The summed E-state index contributed by atoms with van der Waals surface area (Å²) in [5, 5.41) is 0. The minimum absolute atomic E-state index is 0.00599. The van der Waals surface area contributed by atoms with Crippen LogP contribution < -0.4 is 4.90 Å². The van der Waals surface area contributed by atoms with Crippen molar-refractivity contribution in [2.75, 3.05) is 4.90 Å². The Kier molecular flexibility index (Phi) is 3.44. The van der Waals surface area contributed by atoms with Crippen LogP contribution in [0, 0.1) is 5.92 Å². The van der Waals surface area contributed by atoms with Gasteiger partial charge in [0.2, 0.25) is 5.91 Å². The summed E-state index contributed by atoms with van der Waals surface area (Å²) < 4.78 is 0. The normalized spacial score (nSPS) is 25.8. The zero-order valence-electron chi connectivity index (χ0n) is 13.5. The third-order valence-electron chi connectivity index (χ3n) is 4.98. The Morgan fingerprint density at radius 2 is 2.00 bits per heavy atom. The number of nitrogens with zero attached hydrogens (tertiary/aromatic N) is 2. The molecule has 0 radical (unpaired) electrons. The van der Waals surface area contributed by atoms with Crippen molar-refractivity contribution in [2.45, 2.75) is 38.6 Å². The van der Waals surface area contributed by atoms with Gasteiger partial charge >= 0.3 is 0 Å². The number of allylic oxidation sites excluding steroid dienone is 1. The van der Waals surface area contributed by atoms with Crippen molar-refractivity contribution >= 4 is 29.0 Å². The van der Waals surface area contributed by atoms with Gasteiger partial charge in [-0.25, -0.2) is 4.99 Å². The number of Topliss-reactive ketones (excluding diaryl/α,β-unsaturated/α-hetero) is 1. The zero-order chi connectivity index (χ0) is 16.8. The highest BCUT2D eigenvalue weighted by atomic mass is 16.2. The molecule has 24 heavy (non-hydrogen) atoms. The maximum absolute atomic E-state index is 13.0. The second-order valence-corrected chi connectivity index (χ2v) is 6.62. The van der Waals surface area contributed by atoms with Gasteiger partial charge in [-0.2, -0.15) is 0 Å². The third kappa shape index (κ3) is 2.23. The molecule has 2 unspecified atom stereocenters. The van der Waals surface area contributed by atoms with Crippen LogP contribution in [-0.2, 0) is 20.8 Å². The van der Waals surface area contributed by atoms with Crippen molar-refractivity contribution in [1.82, 2.24) is 0 Å². The number of benzene rings is 1. The van der Waals surface area contributed by atoms with E-state index in [-0.39, 0.29) is 17.7 Å². The highest BCUT2D eigenvalue weighted by molar-refractivity contribution is 6.29. The highest BCUT2D eigenvalue weighted by Gasteiger charge is 2.40. The van der Waals surface area contributed by atoms with Crippen molar-refractivity contribution in [2.24, 2.45) is 10.9 Å². The molecule has 1 aliphatic carbocycles. The molecule has 5 nitrogen and oxygen atoms in total. The smallest absolute Gasteiger partial charge is 0.262 e. The van der Waals surface area contributed by atoms with E-state index in [1.54, 1.807) is 11.0 Å². The van der Waals surface area contributed by atoms with Crippen LogP contribution in [0.15, 0.2) is 40.9 Å². The van der Waals surface area contributed by atoms with Gasteiger partial charge in [0, 0.05) is 23.7 Å². The molecule has 5 heteroatoms. The van der Waals surface area contributed by atoms with Gasteiger partial charge in [-0.05, 0) is 37.8 Å². The van der Waals surface area contributed by atoms with E-state index < -0.39 is 11.8 Å². The molecule has 3 aliphatic rings. The molecule has 0 spiro atoms. The molecule has 122 valence electrons. The molecule has 0 N–H and O–H groups in total. The quantitative estimate of drug-likeness (QED) is 0.745. The Morgan fingerprint density at radius 3 is 2.83 bits per heavy atom. The number of dihydropyridines is 1. The van der Waals surface area contributed by atoms with Crippen LogP contribution in [0.25, 0.3) is 0 Å². The van der Waals surface area contributed by atoms with Crippen LogP contribution in [0.4, 0.5) is 5.69 Å². The van der Waals surface area contributed by atoms with Crippen LogP contribution in [0.2, 0.25) is 0 Å². The molecule has 2 amide bonds. The van der Waals surface area contributed by atoms with E-state index in [0.717, 1.165) is 24.1 Å². The molecular weight excluding hydrogens is 304 g/mol. The Hall–Kier alpha value is -2.56. The van der Waals surface area contributed by atoms with Crippen molar-refractivity contribution < 1.29 is 14.4 Å². The largest absolute Gasteiger partial charge is 0.308 e. The van der Waals surface area contributed by atoms with Gasteiger partial charge in [-0.15, -0.1) is 0 Å². The predicted octanol–water partition coefficient (Wildman–Crippen LogP) is 2.24. The van der Waals surface area contributed by atoms with Gasteiger partial charge in [-0.3, -0.25) is 14.4 Å². The molecule has 0 bridgehead atoms.